The lowest BCUT2D eigenvalue weighted by Gasteiger charge is -2.19. The molecule has 100 valence electrons. The van der Waals surface area contributed by atoms with Crippen LogP contribution in [0, 0.1) is 0 Å². The minimum atomic E-state index is -0.139. The summed E-state index contributed by atoms with van der Waals surface area (Å²) >= 11 is 0. The zero-order valence-electron chi connectivity index (χ0n) is 11.3. The van der Waals surface area contributed by atoms with Gasteiger partial charge in [-0.1, -0.05) is 13.3 Å². The van der Waals surface area contributed by atoms with Crippen molar-refractivity contribution < 1.29 is 9.59 Å². The predicted octanol–water partition coefficient (Wildman–Crippen LogP) is 0.487. The molecular weight excluding hydrogens is 218 g/mol. The maximum Gasteiger partial charge on any atom is 0.239 e. The normalized spacial score (nSPS) is 12.4. The number of rotatable bonds is 7. The Kier molecular flexibility index (Phi) is 7.54. The van der Waals surface area contributed by atoms with Crippen molar-refractivity contribution in [3.05, 3.63) is 0 Å². The third-order valence-corrected chi connectivity index (χ3v) is 2.35. The van der Waals surface area contributed by atoms with E-state index in [1.165, 1.54) is 4.90 Å². The van der Waals surface area contributed by atoms with Crippen molar-refractivity contribution >= 4 is 11.8 Å². The molecule has 0 aliphatic rings. The molecule has 0 aliphatic carbocycles. The van der Waals surface area contributed by atoms with Gasteiger partial charge in [0.05, 0.1) is 6.54 Å². The number of carbonyl (C=O) groups is 2. The Labute approximate surface area is 104 Å². The van der Waals surface area contributed by atoms with E-state index >= 15 is 0 Å². The molecule has 0 saturated carbocycles. The van der Waals surface area contributed by atoms with Gasteiger partial charge >= 0.3 is 0 Å². The molecule has 0 aliphatic heterocycles. The van der Waals surface area contributed by atoms with Crippen LogP contribution < -0.4 is 11.1 Å². The first kappa shape index (κ1) is 15.9. The number of carbonyl (C=O) groups excluding carboxylic acids is 2. The topological polar surface area (TPSA) is 75.4 Å². The number of likely N-dealkylation sites (N-methyl/N-ethyl adjacent to an activating group) is 1. The summed E-state index contributed by atoms with van der Waals surface area (Å²) in [5, 5.41) is 2.74. The monoisotopic (exact) mass is 243 g/mol. The smallest absolute Gasteiger partial charge is 0.239 e. The summed E-state index contributed by atoms with van der Waals surface area (Å²) < 4.78 is 0. The van der Waals surface area contributed by atoms with Crippen LogP contribution in [0.1, 0.15) is 40.0 Å². The molecule has 0 aromatic rings. The van der Waals surface area contributed by atoms with Crippen LogP contribution in [0.5, 0.6) is 0 Å². The molecule has 0 fully saturated rings. The Morgan fingerprint density at radius 2 is 1.94 bits per heavy atom. The molecule has 0 rings (SSSR count). The van der Waals surface area contributed by atoms with Crippen LogP contribution in [-0.2, 0) is 9.59 Å². The van der Waals surface area contributed by atoms with Gasteiger partial charge < -0.3 is 16.0 Å². The lowest BCUT2D eigenvalue weighted by molar-refractivity contribution is -0.135. The minimum absolute atomic E-state index is 0.0788. The number of nitrogens with zero attached hydrogens (tertiary/aromatic N) is 1. The first-order valence-electron chi connectivity index (χ1n) is 6.15. The molecule has 17 heavy (non-hydrogen) atoms. The summed E-state index contributed by atoms with van der Waals surface area (Å²) in [6.45, 7) is 5.90. The van der Waals surface area contributed by atoms with E-state index in [1.807, 2.05) is 20.8 Å². The van der Waals surface area contributed by atoms with Crippen LogP contribution in [0.4, 0.5) is 0 Å². The average molecular weight is 243 g/mol. The van der Waals surface area contributed by atoms with Gasteiger partial charge in [-0.2, -0.15) is 0 Å². The Morgan fingerprint density at radius 1 is 1.35 bits per heavy atom. The standard InChI is InChI=1S/C12H25N3O2/c1-5-6-10(13)7-12(17)15(4)8-11(16)14-9(2)3/h9-10H,5-8,13H2,1-4H3,(H,14,16). The van der Waals surface area contributed by atoms with Gasteiger partial charge in [0.25, 0.3) is 0 Å². The van der Waals surface area contributed by atoms with Gasteiger partial charge in [0.2, 0.25) is 11.8 Å². The Balaban J connectivity index is 4.00. The summed E-state index contributed by atoms with van der Waals surface area (Å²) in [6.07, 6.45) is 2.10. The van der Waals surface area contributed by atoms with Gasteiger partial charge in [-0.25, -0.2) is 0 Å². The van der Waals surface area contributed by atoms with Crippen molar-refractivity contribution in [2.75, 3.05) is 13.6 Å². The third kappa shape index (κ3) is 7.74. The Bertz CT molecular complexity index is 254. The molecule has 0 saturated heterocycles. The van der Waals surface area contributed by atoms with Crippen molar-refractivity contribution in [2.45, 2.75) is 52.1 Å². The molecule has 0 radical (unpaired) electrons. The van der Waals surface area contributed by atoms with Gasteiger partial charge in [0.15, 0.2) is 0 Å². The van der Waals surface area contributed by atoms with E-state index in [0.717, 1.165) is 12.8 Å². The number of amides is 2. The van der Waals surface area contributed by atoms with Crippen LogP contribution in [0.3, 0.4) is 0 Å². The van der Waals surface area contributed by atoms with Crippen molar-refractivity contribution in [1.82, 2.24) is 10.2 Å². The summed E-state index contributed by atoms with van der Waals surface area (Å²) in [7, 11) is 1.63. The fraction of sp³-hybridized carbons (Fsp3) is 0.833. The van der Waals surface area contributed by atoms with Gasteiger partial charge in [0, 0.05) is 25.6 Å². The molecule has 3 N–H and O–H groups in total. The molecular formula is C12H25N3O2. The SMILES string of the molecule is CCCC(N)CC(=O)N(C)CC(=O)NC(C)C. The summed E-state index contributed by atoms with van der Waals surface area (Å²) in [5.74, 6) is -0.218. The Morgan fingerprint density at radius 3 is 2.41 bits per heavy atom. The molecule has 5 heteroatoms. The second-order valence-electron chi connectivity index (χ2n) is 4.72. The van der Waals surface area contributed by atoms with E-state index in [0.29, 0.717) is 6.42 Å². The highest BCUT2D eigenvalue weighted by molar-refractivity contribution is 5.84. The van der Waals surface area contributed by atoms with Crippen LogP contribution in [0.2, 0.25) is 0 Å². The van der Waals surface area contributed by atoms with Crippen LogP contribution >= 0.6 is 0 Å². The van der Waals surface area contributed by atoms with Crippen molar-refractivity contribution in [3.8, 4) is 0 Å². The zero-order valence-corrected chi connectivity index (χ0v) is 11.3. The summed E-state index contributed by atoms with van der Waals surface area (Å²) in [6, 6.07) is -0.0172. The van der Waals surface area contributed by atoms with E-state index < -0.39 is 0 Å². The fourth-order valence-electron chi connectivity index (χ4n) is 1.52. The molecule has 0 heterocycles. The third-order valence-electron chi connectivity index (χ3n) is 2.35. The lowest BCUT2D eigenvalue weighted by Crippen LogP contribution is -2.42. The number of hydrogen-bond acceptors (Lipinski definition) is 3. The van der Waals surface area contributed by atoms with E-state index in [1.54, 1.807) is 7.05 Å². The van der Waals surface area contributed by atoms with Crippen molar-refractivity contribution in [1.29, 1.82) is 0 Å². The van der Waals surface area contributed by atoms with Gasteiger partial charge in [-0.15, -0.1) is 0 Å². The second kappa shape index (κ2) is 8.06. The average Bonchev–Trinajstić information content (AvgIpc) is 2.15. The largest absolute Gasteiger partial charge is 0.352 e. The number of nitrogens with one attached hydrogen (secondary N) is 1. The van der Waals surface area contributed by atoms with Gasteiger partial charge in [-0.05, 0) is 20.3 Å². The summed E-state index contributed by atoms with van der Waals surface area (Å²) in [5.41, 5.74) is 5.79. The van der Waals surface area contributed by atoms with Crippen molar-refractivity contribution in [3.63, 3.8) is 0 Å². The first-order chi connectivity index (χ1) is 7.86. The van der Waals surface area contributed by atoms with Crippen LogP contribution in [0.25, 0.3) is 0 Å². The van der Waals surface area contributed by atoms with E-state index in [9.17, 15) is 9.59 Å². The van der Waals surface area contributed by atoms with Crippen LogP contribution in [-0.4, -0.2) is 42.4 Å². The van der Waals surface area contributed by atoms with Gasteiger partial charge in [-0.3, -0.25) is 9.59 Å². The van der Waals surface area contributed by atoms with Gasteiger partial charge in [0.1, 0.15) is 0 Å². The molecule has 0 bridgehead atoms. The number of hydrogen-bond donors (Lipinski definition) is 2. The molecule has 0 aromatic carbocycles. The van der Waals surface area contributed by atoms with E-state index in [2.05, 4.69) is 5.32 Å². The fourth-order valence-corrected chi connectivity index (χ4v) is 1.52. The first-order valence-corrected chi connectivity index (χ1v) is 6.15. The highest BCUT2D eigenvalue weighted by atomic mass is 16.2. The zero-order chi connectivity index (χ0) is 13.4. The second-order valence-corrected chi connectivity index (χ2v) is 4.72. The van der Waals surface area contributed by atoms with E-state index in [-0.39, 0.29) is 30.4 Å². The Hall–Kier alpha value is -1.10. The highest BCUT2D eigenvalue weighted by Gasteiger charge is 2.15. The predicted molar refractivity (Wildman–Crippen MR) is 68.4 cm³/mol. The van der Waals surface area contributed by atoms with Crippen molar-refractivity contribution in [2.24, 2.45) is 5.73 Å². The molecule has 5 nitrogen and oxygen atoms in total. The number of nitrogens with two attached hydrogens (primary N) is 1. The van der Waals surface area contributed by atoms with Crippen LogP contribution in [0.15, 0.2) is 0 Å². The minimum Gasteiger partial charge on any atom is -0.352 e. The molecule has 1 atom stereocenters. The maximum absolute atomic E-state index is 11.7. The lowest BCUT2D eigenvalue weighted by atomic mass is 10.1. The van der Waals surface area contributed by atoms with E-state index in [4.69, 9.17) is 5.73 Å². The molecule has 0 aromatic heterocycles. The highest BCUT2D eigenvalue weighted by Crippen LogP contribution is 2.01. The summed E-state index contributed by atoms with van der Waals surface area (Å²) in [4.78, 5) is 24.6. The molecule has 2 amide bonds. The maximum atomic E-state index is 11.7. The quantitative estimate of drug-likeness (QED) is 0.683. The molecule has 1 unspecified atom stereocenters. The molecule has 0 spiro atoms.